The van der Waals surface area contributed by atoms with Crippen molar-refractivity contribution in [2.75, 3.05) is 5.75 Å². The Morgan fingerprint density at radius 1 is 1.83 bits per heavy atom. The van der Waals surface area contributed by atoms with Gasteiger partial charge in [0.15, 0.2) is 0 Å². The van der Waals surface area contributed by atoms with Gasteiger partial charge in [-0.1, -0.05) is 5.21 Å². The number of aryl methyl sites for hydroxylation is 1. The van der Waals surface area contributed by atoms with E-state index >= 15 is 0 Å². The van der Waals surface area contributed by atoms with Gasteiger partial charge in [0, 0.05) is 7.05 Å². The summed E-state index contributed by atoms with van der Waals surface area (Å²) in [6, 6.07) is 0. The topological polar surface area (TPSA) is 59.8 Å². The van der Waals surface area contributed by atoms with E-state index in [1.807, 2.05) is 0 Å². The van der Waals surface area contributed by atoms with Crippen LogP contribution in [-0.2, 0) is 18.4 Å². The quantitative estimate of drug-likeness (QED) is 0.617. The molecule has 0 unspecified atom stereocenters. The molecule has 0 bridgehead atoms. The van der Waals surface area contributed by atoms with Crippen molar-refractivity contribution in [1.29, 1.82) is 0 Å². The molecule has 0 radical (unpaired) electrons. The maximum Gasteiger partial charge on any atom is 0.230 e. The summed E-state index contributed by atoms with van der Waals surface area (Å²) in [5, 5.41) is 10.0. The summed E-state index contributed by atoms with van der Waals surface area (Å²) in [4.78, 5) is 10.8. The molecule has 1 aromatic rings. The fourth-order valence-corrected chi connectivity index (χ4v) is 0.828. The number of carbonyl (C=O) groups is 1. The number of thiol groups is 1. The van der Waals surface area contributed by atoms with Gasteiger partial charge in [0.05, 0.1) is 24.2 Å². The lowest BCUT2D eigenvalue weighted by molar-refractivity contribution is -0.118. The second-order valence-corrected chi connectivity index (χ2v) is 2.60. The zero-order chi connectivity index (χ0) is 8.97. The van der Waals surface area contributed by atoms with E-state index in [4.69, 9.17) is 0 Å². The average Bonchev–Trinajstić information content (AvgIpc) is 2.47. The molecule has 66 valence electrons. The largest absolute Gasteiger partial charge is 0.350 e. The van der Waals surface area contributed by atoms with E-state index < -0.39 is 0 Å². The van der Waals surface area contributed by atoms with Gasteiger partial charge in [0.2, 0.25) is 5.91 Å². The fourth-order valence-electron chi connectivity index (χ4n) is 0.716. The van der Waals surface area contributed by atoms with Crippen molar-refractivity contribution >= 4 is 18.5 Å². The molecule has 0 aromatic carbocycles. The number of carbonyl (C=O) groups excluding carboxylic acids is 1. The maximum atomic E-state index is 10.8. The first-order chi connectivity index (χ1) is 5.74. The van der Waals surface area contributed by atoms with Gasteiger partial charge in [-0.25, -0.2) is 0 Å². The number of aromatic nitrogens is 3. The monoisotopic (exact) mass is 186 g/mol. The second kappa shape index (κ2) is 4.10. The molecule has 1 rings (SSSR count). The molecule has 0 saturated carbocycles. The van der Waals surface area contributed by atoms with Crippen LogP contribution in [0.4, 0.5) is 0 Å². The highest BCUT2D eigenvalue weighted by Crippen LogP contribution is 1.91. The van der Waals surface area contributed by atoms with Crippen LogP contribution in [0.2, 0.25) is 0 Å². The zero-order valence-corrected chi connectivity index (χ0v) is 7.58. The molecular weight excluding hydrogens is 176 g/mol. The molecule has 0 aliphatic heterocycles. The van der Waals surface area contributed by atoms with Crippen molar-refractivity contribution < 1.29 is 4.79 Å². The van der Waals surface area contributed by atoms with Crippen LogP contribution in [0.3, 0.4) is 0 Å². The molecule has 0 spiro atoms. The minimum Gasteiger partial charge on any atom is -0.350 e. The van der Waals surface area contributed by atoms with Crippen molar-refractivity contribution in [2.45, 2.75) is 6.54 Å². The Morgan fingerprint density at radius 2 is 2.58 bits per heavy atom. The minimum atomic E-state index is -0.0977. The summed E-state index contributed by atoms with van der Waals surface area (Å²) < 4.78 is 1.61. The van der Waals surface area contributed by atoms with Crippen molar-refractivity contribution in [3.05, 3.63) is 11.9 Å². The molecule has 6 heteroatoms. The van der Waals surface area contributed by atoms with Crippen LogP contribution >= 0.6 is 12.6 Å². The van der Waals surface area contributed by atoms with Crippen LogP contribution in [0.5, 0.6) is 0 Å². The molecule has 1 heterocycles. The van der Waals surface area contributed by atoms with Gasteiger partial charge in [-0.15, -0.1) is 5.10 Å². The van der Waals surface area contributed by atoms with E-state index in [0.29, 0.717) is 6.54 Å². The van der Waals surface area contributed by atoms with Crippen molar-refractivity contribution in [3.63, 3.8) is 0 Å². The van der Waals surface area contributed by atoms with Gasteiger partial charge in [-0.3, -0.25) is 9.48 Å². The predicted octanol–water partition coefficient (Wildman–Crippen LogP) is -0.639. The maximum absolute atomic E-state index is 10.8. The molecule has 1 N–H and O–H groups in total. The van der Waals surface area contributed by atoms with Crippen molar-refractivity contribution in [3.8, 4) is 0 Å². The first-order valence-electron chi connectivity index (χ1n) is 3.45. The van der Waals surface area contributed by atoms with Gasteiger partial charge in [0.25, 0.3) is 0 Å². The van der Waals surface area contributed by atoms with E-state index in [1.54, 1.807) is 17.9 Å². The molecular formula is C6H10N4OS. The third-order valence-electron chi connectivity index (χ3n) is 1.42. The van der Waals surface area contributed by atoms with Crippen molar-refractivity contribution in [1.82, 2.24) is 20.3 Å². The van der Waals surface area contributed by atoms with Gasteiger partial charge in [-0.05, 0) is 0 Å². The molecule has 0 fully saturated rings. The summed E-state index contributed by atoms with van der Waals surface area (Å²) in [6.07, 6.45) is 1.61. The average molecular weight is 186 g/mol. The smallest absolute Gasteiger partial charge is 0.230 e. The lowest BCUT2D eigenvalue weighted by atomic mass is 10.4. The lowest BCUT2D eigenvalue weighted by Gasteiger charge is -2.01. The summed E-state index contributed by atoms with van der Waals surface area (Å²) in [5.74, 6) is 0.102. The molecule has 0 saturated heterocycles. The van der Waals surface area contributed by atoms with E-state index in [0.717, 1.165) is 5.69 Å². The van der Waals surface area contributed by atoms with E-state index in [2.05, 4.69) is 28.3 Å². The normalized spacial score (nSPS) is 9.83. The standard InChI is InChI=1S/C6H10N4OS/c1-10-5(3-8-9-10)2-7-6(11)4-12/h3,12H,2,4H2,1H3,(H,7,11). The van der Waals surface area contributed by atoms with Gasteiger partial charge in [-0.2, -0.15) is 12.6 Å². The second-order valence-electron chi connectivity index (χ2n) is 2.28. The molecule has 0 atom stereocenters. The Balaban J connectivity index is 2.43. The highest BCUT2D eigenvalue weighted by atomic mass is 32.1. The van der Waals surface area contributed by atoms with Crippen molar-refractivity contribution in [2.24, 2.45) is 7.05 Å². The third kappa shape index (κ3) is 2.23. The SMILES string of the molecule is Cn1nncc1CNC(=O)CS. The van der Waals surface area contributed by atoms with Crippen LogP contribution < -0.4 is 5.32 Å². The van der Waals surface area contributed by atoms with E-state index in [9.17, 15) is 4.79 Å². The first-order valence-corrected chi connectivity index (χ1v) is 4.08. The Bertz CT molecular complexity index is 272. The van der Waals surface area contributed by atoms with Gasteiger partial charge < -0.3 is 5.32 Å². The number of nitrogens with zero attached hydrogens (tertiary/aromatic N) is 3. The zero-order valence-electron chi connectivity index (χ0n) is 6.69. The Morgan fingerprint density at radius 3 is 3.08 bits per heavy atom. The van der Waals surface area contributed by atoms with Crippen LogP contribution in [0.25, 0.3) is 0 Å². The highest BCUT2D eigenvalue weighted by Gasteiger charge is 2.01. The lowest BCUT2D eigenvalue weighted by Crippen LogP contribution is -2.24. The summed E-state index contributed by atoms with van der Waals surface area (Å²) in [7, 11) is 1.77. The molecule has 0 aliphatic rings. The minimum absolute atomic E-state index is 0.0977. The fraction of sp³-hybridized carbons (Fsp3) is 0.500. The Hall–Kier alpha value is -1.04. The first kappa shape index (κ1) is 9.05. The number of rotatable bonds is 3. The third-order valence-corrected chi connectivity index (χ3v) is 1.71. The van der Waals surface area contributed by atoms with Crippen LogP contribution in [0, 0.1) is 0 Å². The Kier molecular flexibility index (Phi) is 3.09. The molecule has 12 heavy (non-hydrogen) atoms. The number of hydrogen-bond donors (Lipinski definition) is 2. The number of amides is 1. The summed E-state index contributed by atoms with van der Waals surface area (Å²) in [6.45, 7) is 0.447. The molecule has 0 aliphatic carbocycles. The summed E-state index contributed by atoms with van der Waals surface area (Å²) in [5.41, 5.74) is 0.866. The predicted molar refractivity (Wildman–Crippen MR) is 46.7 cm³/mol. The summed E-state index contributed by atoms with van der Waals surface area (Å²) >= 11 is 3.82. The van der Waals surface area contributed by atoms with E-state index in [-0.39, 0.29) is 11.7 Å². The molecule has 5 nitrogen and oxygen atoms in total. The van der Waals surface area contributed by atoms with Gasteiger partial charge in [0.1, 0.15) is 0 Å². The highest BCUT2D eigenvalue weighted by molar-refractivity contribution is 7.81. The Labute approximate surface area is 75.6 Å². The van der Waals surface area contributed by atoms with Gasteiger partial charge >= 0.3 is 0 Å². The van der Waals surface area contributed by atoms with E-state index in [1.165, 1.54) is 0 Å². The number of nitrogens with one attached hydrogen (secondary N) is 1. The van der Waals surface area contributed by atoms with Crippen LogP contribution in [0.15, 0.2) is 6.20 Å². The number of hydrogen-bond acceptors (Lipinski definition) is 4. The molecule has 1 aromatic heterocycles. The van der Waals surface area contributed by atoms with Crippen LogP contribution in [0.1, 0.15) is 5.69 Å². The molecule has 1 amide bonds. The van der Waals surface area contributed by atoms with Crippen LogP contribution in [-0.4, -0.2) is 26.7 Å².